The van der Waals surface area contributed by atoms with E-state index in [0.29, 0.717) is 23.4 Å². The highest BCUT2D eigenvalue weighted by Crippen LogP contribution is 2.64. The van der Waals surface area contributed by atoms with E-state index in [-0.39, 0.29) is 23.3 Å². The summed E-state index contributed by atoms with van der Waals surface area (Å²) in [5.41, 5.74) is 3.20. The summed E-state index contributed by atoms with van der Waals surface area (Å²) in [4.78, 5) is 0. The van der Waals surface area contributed by atoms with Gasteiger partial charge in [-0.05, 0) is 66.2 Å². The van der Waals surface area contributed by atoms with Gasteiger partial charge in [-0.3, -0.25) is 5.10 Å². The third kappa shape index (κ3) is 1.99. The lowest BCUT2D eigenvalue weighted by Crippen LogP contribution is -2.36. The predicted octanol–water partition coefficient (Wildman–Crippen LogP) is 5.01. The zero-order valence-electron chi connectivity index (χ0n) is 15.0. The molecule has 2 aromatic carbocycles. The Morgan fingerprint density at radius 1 is 1.11 bits per heavy atom. The number of H-pyrrole nitrogens is 1. The van der Waals surface area contributed by atoms with E-state index >= 15 is 4.39 Å². The number of rotatable bonds is 1. The molecule has 3 aromatic rings. The van der Waals surface area contributed by atoms with Gasteiger partial charge in [0, 0.05) is 11.5 Å². The highest BCUT2D eigenvalue weighted by atomic mass is 19.1. The van der Waals surface area contributed by atoms with Crippen molar-refractivity contribution in [3.8, 4) is 6.07 Å². The Morgan fingerprint density at radius 3 is 2.82 bits per heavy atom. The molecule has 0 unspecified atom stereocenters. The van der Waals surface area contributed by atoms with Gasteiger partial charge >= 0.3 is 0 Å². The van der Waals surface area contributed by atoms with Gasteiger partial charge in [0.15, 0.2) is 0 Å². The maximum absolute atomic E-state index is 15.1. The zero-order valence-corrected chi connectivity index (χ0v) is 15.0. The molecule has 0 radical (unpaired) electrons. The Morgan fingerprint density at radius 2 is 1.96 bits per heavy atom. The number of hydrogen-bond donors (Lipinski definition) is 2. The van der Waals surface area contributed by atoms with Gasteiger partial charge < -0.3 is 5.32 Å². The van der Waals surface area contributed by atoms with E-state index in [4.69, 9.17) is 0 Å². The molecule has 2 bridgehead atoms. The van der Waals surface area contributed by atoms with Crippen LogP contribution >= 0.6 is 0 Å². The minimum atomic E-state index is -0.516. The molecule has 6 rings (SSSR count). The second-order valence-corrected chi connectivity index (χ2v) is 8.39. The minimum Gasteiger partial charge on any atom is -0.375 e. The SMILES string of the molecule is N#Cc1cc([C@@H]2Nc3c(F)cc4[nH]ncc4c3[C@H]3[C@@H]4CC[C@H](C4)[C@H]32)ccc1F. The van der Waals surface area contributed by atoms with Gasteiger partial charge in [0.2, 0.25) is 0 Å². The van der Waals surface area contributed by atoms with E-state index in [1.165, 1.54) is 25.0 Å². The standard InChI is InChI=1S/C22H18F2N4/c23-15-4-3-12(6-13(15)8-25)21-19-11-2-1-10(5-11)18(19)20-14-9-26-28-17(14)7-16(24)22(20)27-21/h3-4,6-7,9-11,18-19,21,27H,1-2,5H2,(H,26,28)/t10-,11-,18+,19-,21+/m1/s1. The Balaban J connectivity index is 1.57. The van der Waals surface area contributed by atoms with Gasteiger partial charge in [-0.1, -0.05) is 6.07 Å². The molecule has 0 amide bonds. The molecule has 28 heavy (non-hydrogen) atoms. The van der Waals surface area contributed by atoms with Gasteiger partial charge in [-0.25, -0.2) is 8.78 Å². The van der Waals surface area contributed by atoms with Crippen LogP contribution < -0.4 is 5.32 Å². The van der Waals surface area contributed by atoms with E-state index in [2.05, 4.69) is 15.5 Å². The number of fused-ring (bicyclic) bond motifs is 9. The van der Waals surface area contributed by atoms with Crippen molar-refractivity contribution in [2.45, 2.75) is 31.2 Å². The topological polar surface area (TPSA) is 64.5 Å². The second-order valence-electron chi connectivity index (χ2n) is 8.39. The molecule has 140 valence electrons. The lowest BCUT2D eigenvalue weighted by Gasteiger charge is -2.43. The molecule has 2 fully saturated rings. The van der Waals surface area contributed by atoms with Crippen molar-refractivity contribution in [3.05, 3.63) is 58.8 Å². The fraction of sp³-hybridized carbons (Fsp3) is 0.364. The van der Waals surface area contributed by atoms with Gasteiger partial charge in [-0.15, -0.1) is 0 Å². The van der Waals surface area contributed by atoms with E-state index < -0.39 is 5.82 Å². The number of nitrogens with zero attached hydrogens (tertiary/aromatic N) is 2. The maximum Gasteiger partial charge on any atom is 0.148 e. The van der Waals surface area contributed by atoms with E-state index in [0.717, 1.165) is 28.5 Å². The average Bonchev–Trinajstić information content (AvgIpc) is 3.44. The molecule has 4 nitrogen and oxygen atoms in total. The minimum absolute atomic E-state index is 0.0376. The highest BCUT2D eigenvalue weighted by Gasteiger charge is 2.54. The molecule has 5 atom stereocenters. The van der Waals surface area contributed by atoms with Crippen LogP contribution in [-0.4, -0.2) is 10.2 Å². The molecule has 1 aliphatic heterocycles. The van der Waals surface area contributed by atoms with Gasteiger partial charge in [-0.2, -0.15) is 10.4 Å². The Kier molecular flexibility index (Phi) is 3.18. The lowest BCUT2D eigenvalue weighted by molar-refractivity contribution is 0.247. The van der Waals surface area contributed by atoms with E-state index in [1.807, 2.05) is 6.07 Å². The van der Waals surface area contributed by atoms with Crippen LogP contribution in [0.5, 0.6) is 0 Å². The van der Waals surface area contributed by atoms with Crippen molar-refractivity contribution in [1.29, 1.82) is 5.26 Å². The number of anilines is 1. The number of nitrogens with one attached hydrogen (secondary N) is 2. The van der Waals surface area contributed by atoms with Crippen molar-refractivity contribution in [2.24, 2.45) is 17.8 Å². The first-order chi connectivity index (χ1) is 13.7. The van der Waals surface area contributed by atoms with Crippen molar-refractivity contribution < 1.29 is 8.78 Å². The molecule has 0 saturated heterocycles. The van der Waals surface area contributed by atoms with Crippen molar-refractivity contribution in [1.82, 2.24) is 10.2 Å². The monoisotopic (exact) mass is 376 g/mol. The van der Waals surface area contributed by atoms with E-state index in [1.54, 1.807) is 18.3 Å². The number of aromatic amines is 1. The summed E-state index contributed by atoms with van der Waals surface area (Å²) in [7, 11) is 0. The van der Waals surface area contributed by atoms with Crippen LogP contribution in [0, 0.1) is 40.7 Å². The van der Waals surface area contributed by atoms with Crippen molar-refractivity contribution >= 4 is 16.6 Å². The average molecular weight is 376 g/mol. The molecule has 2 aliphatic carbocycles. The number of nitriles is 1. The fourth-order valence-corrected chi connectivity index (χ4v) is 6.20. The molecule has 0 spiro atoms. The van der Waals surface area contributed by atoms with Gasteiger partial charge in [0.05, 0.1) is 29.0 Å². The Labute approximate surface area is 160 Å². The maximum atomic E-state index is 15.1. The quantitative estimate of drug-likeness (QED) is 0.627. The zero-order chi connectivity index (χ0) is 19.0. The van der Waals surface area contributed by atoms with Crippen LogP contribution in [0.2, 0.25) is 0 Å². The van der Waals surface area contributed by atoms with Crippen LogP contribution in [0.25, 0.3) is 10.9 Å². The Hall–Kier alpha value is -2.94. The summed E-state index contributed by atoms with van der Waals surface area (Å²) < 4.78 is 28.9. The summed E-state index contributed by atoms with van der Waals surface area (Å²) in [5, 5.41) is 20.7. The first-order valence-electron chi connectivity index (χ1n) is 9.77. The third-order valence-corrected chi connectivity index (χ3v) is 7.21. The number of halogens is 2. The number of aromatic nitrogens is 2. The van der Waals surface area contributed by atoms with Crippen LogP contribution in [0.4, 0.5) is 14.5 Å². The molecule has 2 saturated carbocycles. The van der Waals surface area contributed by atoms with E-state index in [9.17, 15) is 9.65 Å². The summed E-state index contributed by atoms with van der Waals surface area (Å²) >= 11 is 0. The second kappa shape index (κ2) is 5.54. The number of hydrogen-bond acceptors (Lipinski definition) is 3. The number of benzene rings is 2. The molecule has 1 aromatic heterocycles. The summed E-state index contributed by atoms with van der Waals surface area (Å²) in [6.45, 7) is 0. The molecular weight excluding hydrogens is 358 g/mol. The molecular formula is C22H18F2N4. The van der Waals surface area contributed by atoms with Crippen LogP contribution in [-0.2, 0) is 0 Å². The van der Waals surface area contributed by atoms with Crippen molar-refractivity contribution in [2.75, 3.05) is 5.32 Å². The first-order valence-corrected chi connectivity index (χ1v) is 9.77. The van der Waals surface area contributed by atoms with Gasteiger partial charge in [0.1, 0.15) is 17.7 Å². The first kappa shape index (κ1) is 16.1. The largest absolute Gasteiger partial charge is 0.375 e. The lowest BCUT2D eigenvalue weighted by atomic mass is 9.67. The van der Waals surface area contributed by atoms with Crippen LogP contribution in [0.15, 0.2) is 30.5 Å². The molecule has 6 heteroatoms. The smallest absolute Gasteiger partial charge is 0.148 e. The van der Waals surface area contributed by atoms with Crippen LogP contribution in [0.1, 0.15) is 47.9 Å². The molecule has 2 N–H and O–H groups in total. The van der Waals surface area contributed by atoms with Gasteiger partial charge in [0.25, 0.3) is 0 Å². The summed E-state index contributed by atoms with van der Waals surface area (Å²) in [6, 6.07) is 8.00. The normalized spacial score (nSPS) is 30.0. The van der Waals surface area contributed by atoms with Crippen molar-refractivity contribution in [3.63, 3.8) is 0 Å². The predicted molar refractivity (Wildman–Crippen MR) is 101 cm³/mol. The summed E-state index contributed by atoms with van der Waals surface area (Å²) in [6.07, 6.45) is 5.29. The third-order valence-electron chi connectivity index (χ3n) is 7.21. The molecule has 3 aliphatic rings. The van der Waals surface area contributed by atoms with Crippen LogP contribution in [0.3, 0.4) is 0 Å². The molecule has 2 heterocycles. The Bertz CT molecular complexity index is 1160. The fourth-order valence-electron chi connectivity index (χ4n) is 6.20. The highest BCUT2D eigenvalue weighted by molar-refractivity contribution is 5.89. The summed E-state index contributed by atoms with van der Waals surface area (Å²) in [5.74, 6) is 0.851.